The van der Waals surface area contributed by atoms with Crippen LogP contribution in [0.1, 0.15) is 29.8 Å². The highest BCUT2D eigenvalue weighted by molar-refractivity contribution is 5.94. The standard InChI is InChI=1S/C15H16O/c1-4-5-6-7-12(2)14-8-10-15(11-9-14)13(3)16/h4-11H,1H2,2-3H3/b6-5-,12-7+. The van der Waals surface area contributed by atoms with Crippen LogP contribution in [0.3, 0.4) is 0 Å². The largest absolute Gasteiger partial charge is 0.295 e. The molecule has 1 aromatic rings. The van der Waals surface area contributed by atoms with Crippen molar-refractivity contribution in [1.82, 2.24) is 0 Å². The van der Waals surface area contributed by atoms with Crippen LogP contribution in [0.2, 0.25) is 0 Å². The lowest BCUT2D eigenvalue weighted by Gasteiger charge is -2.01. The molecule has 0 bridgehead atoms. The van der Waals surface area contributed by atoms with E-state index in [9.17, 15) is 4.79 Å². The molecule has 1 nitrogen and oxygen atoms in total. The average Bonchev–Trinajstić information content (AvgIpc) is 2.29. The van der Waals surface area contributed by atoms with Crippen LogP contribution in [0.25, 0.3) is 5.57 Å². The van der Waals surface area contributed by atoms with Gasteiger partial charge >= 0.3 is 0 Å². The van der Waals surface area contributed by atoms with Crippen LogP contribution in [-0.4, -0.2) is 5.78 Å². The highest BCUT2D eigenvalue weighted by Gasteiger charge is 1.99. The third kappa shape index (κ3) is 3.35. The third-order valence-corrected chi connectivity index (χ3v) is 2.34. The second-order valence-electron chi connectivity index (χ2n) is 3.60. The predicted octanol–water partition coefficient (Wildman–Crippen LogP) is 4.03. The van der Waals surface area contributed by atoms with Crippen LogP contribution in [0.5, 0.6) is 0 Å². The van der Waals surface area contributed by atoms with Crippen molar-refractivity contribution in [1.29, 1.82) is 0 Å². The molecule has 1 heteroatoms. The second-order valence-corrected chi connectivity index (χ2v) is 3.60. The van der Waals surface area contributed by atoms with E-state index in [-0.39, 0.29) is 5.78 Å². The summed E-state index contributed by atoms with van der Waals surface area (Å²) in [7, 11) is 0. The van der Waals surface area contributed by atoms with E-state index >= 15 is 0 Å². The molecule has 82 valence electrons. The molecule has 0 saturated carbocycles. The van der Waals surface area contributed by atoms with Crippen molar-refractivity contribution in [2.45, 2.75) is 13.8 Å². The summed E-state index contributed by atoms with van der Waals surface area (Å²) in [6.45, 7) is 7.22. The number of Topliss-reactive ketones (excluding diaryl/α,β-unsaturated/α-hetero) is 1. The first-order valence-corrected chi connectivity index (χ1v) is 5.22. The van der Waals surface area contributed by atoms with Crippen LogP contribution >= 0.6 is 0 Å². The summed E-state index contributed by atoms with van der Waals surface area (Å²) in [5.41, 5.74) is 3.03. The minimum atomic E-state index is 0.0970. The van der Waals surface area contributed by atoms with Crippen LogP contribution in [0.15, 0.2) is 55.1 Å². The Hall–Kier alpha value is -1.89. The van der Waals surface area contributed by atoms with Gasteiger partial charge in [0.05, 0.1) is 0 Å². The van der Waals surface area contributed by atoms with Gasteiger partial charge in [0.15, 0.2) is 5.78 Å². The van der Waals surface area contributed by atoms with Gasteiger partial charge in [-0.3, -0.25) is 4.79 Å². The number of rotatable bonds is 4. The lowest BCUT2D eigenvalue weighted by atomic mass is 10.0. The molecule has 0 aliphatic heterocycles. The van der Waals surface area contributed by atoms with Crippen molar-refractivity contribution in [3.8, 4) is 0 Å². The maximum atomic E-state index is 11.1. The van der Waals surface area contributed by atoms with Gasteiger partial charge in [-0.1, -0.05) is 55.1 Å². The van der Waals surface area contributed by atoms with Gasteiger partial charge in [0, 0.05) is 5.56 Å². The Kier molecular flexibility index (Phi) is 4.46. The summed E-state index contributed by atoms with van der Waals surface area (Å²) in [6.07, 6.45) is 7.59. The van der Waals surface area contributed by atoms with Crippen LogP contribution in [-0.2, 0) is 0 Å². The average molecular weight is 212 g/mol. The molecule has 0 aromatic heterocycles. The number of allylic oxidation sites excluding steroid dienone is 5. The van der Waals surface area contributed by atoms with E-state index in [0.29, 0.717) is 0 Å². The Morgan fingerprint density at radius 1 is 1.06 bits per heavy atom. The van der Waals surface area contributed by atoms with E-state index in [4.69, 9.17) is 0 Å². The molecule has 0 N–H and O–H groups in total. The fraction of sp³-hybridized carbons (Fsp3) is 0.133. The normalized spacial score (nSPS) is 11.8. The van der Waals surface area contributed by atoms with Crippen molar-refractivity contribution in [2.75, 3.05) is 0 Å². The Labute approximate surface area is 96.8 Å². The quantitative estimate of drug-likeness (QED) is 0.544. The van der Waals surface area contributed by atoms with Gasteiger partial charge in [-0.05, 0) is 25.0 Å². The Balaban J connectivity index is 2.89. The molecule has 1 rings (SSSR count). The molecule has 0 radical (unpaired) electrons. The lowest BCUT2D eigenvalue weighted by Crippen LogP contribution is -1.91. The molecule has 0 spiro atoms. The SMILES string of the molecule is C=C/C=C\C=C(/C)c1ccc(C(C)=O)cc1. The van der Waals surface area contributed by atoms with Crippen molar-refractivity contribution >= 4 is 11.4 Å². The summed E-state index contributed by atoms with van der Waals surface area (Å²) in [6, 6.07) is 7.63. The van der Waals surface area contributed by atoms with Gasteiger partial charge < -0.3 is 0 Å². The molecule has 0 fully saturated rings. The summed E-state index contributed by atoms with van der Waals surface area (Å²) < 4.78 is 0. The summed E-state index contributed by atoms with van der Waals surface area (Å²) in [4.78, 5) is 11.1. The highest BCUT2D eigenvalue weighted by Crippen LogP contribution is 2.14. The van der Waals surface area contributed by atoms with E-state index in [2.05, 4.69) is 6.58 Å². The summed E-state index contributed by atoms with van der Waals surface area (Å²) in [5.74, 6) is 0.0970. The number of carbonyl (C=O) groups is 1. The Morgan fingerprint density at radius 3 is 2.12 bits per heavy atom. The molecule has 0 heterocycles. The molecule has 0 aliphatic rings. The monoisotopic (exact) mass is 212 g/mol. The molecule has 0 atom stereocenters. The van der Waals surface area contributed by atoms with Gasteiger partial charge in [-0.15, -0.1) is 0 Å². The van der Waals surface area contributed by atoms with Crippen LogP contribution in [0.4, 0.5) is 0 Å². The first-order chi connectivity index (χ1) is 7.65. The van der Waals surface area contributed by atoms with Gasteiger partial charge in [-0.2, -0.15) is 0 Å². The smallest absolute Gasteiger partial charge is 0.159 e. The number of ketones is 1. The molecule has 0 aliphatic carbocycles. The van der Waals surface area contributed by atoms with Gasteiger partial charge in [0.25, 0.3) is 0 Å². The second kappa shape index (κ2) is 5.86. The molecular weight excluding hydrogens is 196 g/mol. The molecule has 0 amide bonds. The van der Waals surface area contributed by atoms with Gasteiger partial charge in [0.2, 0.25) is 0 Å². The van der Waals surface area contributed by atoms with Gasteiger partial charge in [0.1, 0.15) is 0 Å². The molecular formula is C15H16O. The Bertz CT molecular complexity index is 433. The number of carbonyl (C=O) groups excluding carboxylic acids is 1. The molecule has 16 heavy (non-hydrogen) atoms. The first-order valence-electron chi connectivity index (χ1n) is 5.22. The zero-order valence-electron chi connectivity index (χ0n) is 9.73. The summed E-state index contributed by atoms with van der Waals surface area (Å²) >= 11 is 0. The first kappa shape index (κ1) is 12.2. The number of benzene rings is 1. The van der Waals surface area contributed by atoms with Crippen LogP contribution in [0, 0.1) is 0 Å². The maximum absolute atomic E-state index is 11.1. The zero-order chi connectivity index (χ0) is 12.0. The van der Waals surface area contributed by atoms with Gasteiger partial charge in [-0.25, -0.2) is 0 Å². The van der Waals surface area contributed by atoms with Crippen molar-refractivity contribution < 1.29 is 4.79 Å². The molecule has 1 aromatic carbocycles. The predicted molar refractivity (Wildman–Crippen MR) is 69.4 cm³/mol. The van der Waals surface area contributed by atoms with E-state index in [1.165, 1.54) is 0 Å². The summed E-state index contributed by atoms with van der Waals surface area (Å²) in [5, 5.41) is 0. The van der Waals surface area contributed by atoms with Crippen molar-refractivity contribution in [3.05, 3.63) is 66.3 Å². The van der Waals surface area contributed by atoms with Crippen molar-refractivity contribution in [2.24, 2.45) is 0 Å². The zero-order valence-corrected chi connectivity index (χ0v) is 9.73. The minimum Gasteiger partial charge on any atom is -0.295 e. The topological polar surface area (TPSA) is 17.1 Å². The molecule has 0 saturated heterocycles. The number of hydrogen-bond acceptors (Lipinski definition) is 1. The maximum Gasteiger partial charge on any atom is 0.159 e. The fourth-order valence-electron chi connectivity index (χ4n) is 1.34. The van der Waals surface area contributed by atoms with E-state index < -0.39 is 0 Å². The number of hydrogen-bond donors (Lipinski definition) is 0. The van der Waals surface area contributed by atoms with E-state index in [1.807, 2.05) is 49.4 Å². The highest BCUT2D eigenvalue weighted by atomic mass is 16.1. The van der Waals surface area contributed by atoms with E-state index in [0.717, 1.165) is 16.7 Å². The lowest BCUT2D eigenvalue weighted by molar-refractivity contribution is 0.101. The minimum absolute atomic E-state index is 0.0970. The third-order valence-electron chi connectivity index (χ3n) is 2.34. The molecule has 0 unspecified atom stereocenters. The Morgan fingerprint density at radius 2 is 1.62 bits per heavy atom. The fourth-order valence-corrected chi connectivity index (χ4v) is 1.34. The van der Waals surface area contributed by atoms with Crippen molar-refractivity contribution in [3.63, 3.8) is 0 Å². The van der Waals surface area contributed by atoms with E-state index in [1.54, 1.807) is 13.0 Å². The van der Waals surface area contributed by atoms with Crippen LogP contribution < -0.4 is 0 Å².